The molecule has 5 aromatic carbocycles. The van der Waals surface area contributed by atoms with Gasteiger partial charge in [0.1, 0.15) is 18.7 Å². The maximum atomic E-state index is 14.4. The zero-order valence-corrected chi connectivity index (χ0v) is 28.7. The lowest BCUT2D eigenvalue weighted by Crippen LogP contribution is -2.52. The van der Waals surface area contributed by atoms with Gasteiger partial charge < -0.3 is 29.9 Å². The fourth-order valence-corrected chi connectivity index (χ4v) is 6.91. The van der Waals surface area contributed by atoms with E-state index >= 15 is 0 Å². The number of ether oxygens (including phenoxy) is 2. The highest BCUT2D eigenvalue weighted by atomic mass is 16.5. The van der Waals surface area contributed by atoms with E-state index in [4.69, 9.17) is 9.47 Å². The van der Waals surface area contributed by atoms with Gasteiger partial charge in [-0.05, 0) is 59.0 Å². The van der Waals surface area contributed by atoms with Gasteiger partial charge in [-0.25, -0.2) is 9.59 Å². The van der Waals surface area contributed by atoms with Crippen molar-refractivity contribution in [3.8, 4) is 0 Å². The number of nitrogens with one attached hydrogen (secondary N) is 2. The first-order valence-electron chi connectivity index (χ1n) is 17.6. The Bertz CT molecular complexity index is 2060. The summed E-state index contributed by atoms with van der Waals surface area (Å²) in [6.07, 6.45) is 0.967. The van der Waals surface area contributed by atoms with E-state index in [1.807, 2.05) is 103 Å². The van der Waals surface area contributed by atoms with Crippen LogP contribution in [0.25, 0.3) is 10.8 Å². The van der Waals surface area contributed by atoms with Crippen LogP contribution in [0.1, 0.15) is 40.7 Å². The molecule has 0 saturated carbocycles. The van der Waals surface area contributed by atoms with Crippen LogP contribution in [0, 0.1) is 0 Å². The molecule has 2 aliphatic rings. The molecule has 0 bridgehead atoms. The fourth-order valence-electron chi connectivity index (χ4n) is 6.91. The Kier molecular flexibility index (Phi) is 10.5. The smallest absolute Gasteiger partial charge is 0.340 e. The fraction of sp³-hybridized carbons (Fsp3) is 0.238. The average Bonchev–Trinajstić information content (AvgIpc) is 3.86. The van der Waals surface area contributed by atoms with Crippen molar-refractivity contribution in [1.29, 1.82) is 0 Å². The topological polar surface area (TPSA) is 117 Å². The average molecular weight is 697 g/mol. The summed E-state index contributed by atoms with van der Waals surface area (Å²) in [6, 6.07) is 37.3. The van der Waals surface area contributed by atoms with E-state index in [9.17, 15) is 19.2 Å². The van der Waals surface area contributed by atoms with Crippen molar-refractivity contribution in [3.05, 3.63) is 144 Å². The van der Waals surface area contributed by atoms with Crippen molar-refractivity contribution in [3.63, 3.8) is 0 Å². The van der Waals surface area contributed by atoms with E-state index in [0.29, 0.717) is 37.4 Å². The molecule has 7 rings (SSSR count). The number of benzene rings is 5. The van der Waals surface area contributed by atoms with Gasteiger partial charge in [-0.1, -0.05) is 103 Å². The zero-order valence-electron chi connectivity index (χ0n) is 28.7. The number of rotatable bonds is 10. The molecule has 2 N–H and O–H groups in total. The highest BCUT2D eigenvalue weighted by Crippen LogP contribution is 2.29. The second-order valence-electron chi connectivity index (χ2n) is 13.1. The van der Waals surface area contributed by atoms with Crippen molar-refractivity contribution in [2.45, 2.75) is 50.7 Å². The number of esters is 1. The molecule has 2 saturated heterocycles. The maximum absolute atomic E-state index is 14.4. The summed E-state index contributed by atoms with van der Waals surface area (Å²) in [5, 5.41) is 7.90. The number of hydrogen-bond acceptors (Lipinski definition) is 6. The van der Waals surface area contributed by atoms with Crippen LogP contribution >= 0.6 is 0 Å². The van der Waals surface area contributed by atoms with Crippen molar-refractivity contribution in [1.82, 2.24) is 9.80 Å². The Morgan fingerprint density at radius 3 is 2.12 bits per heavy atom. The molecule has 0 unspecified atom stereocenters. The number of amides is 4. The van der Waals surface area contributed by atoms with Crippen LogP contribution < -0.4 is 10.6 Å². The van der Waals surface area contributed by atoms with E-state index in [-0.39, 0.29) is 37.1 Å². The molecule has 0 radical (unpaired) electrons. The lowest BCUT2D eigenvalue weighted by molar-refractivity contribution is -0.139. The number of anilines is 2. The first-order chi connectivity index (χ1) is 25.4. The number of carbonyl (C=O) groups is 4. The molecule has 10 nitrogen and oxygen atoms in total. The number of likely N-dealkylation sites (tertiary alicyclic amines) is 2. The standard InChI is InChI=1S/C42H40N4O6/c47-39(44-36-19-10-9-18-35(36)41(49)52-28-30-14-5-2-6-15-30)37-20-11-23-45(37)40(48)38-25-34(51-27-29-12-3-1-4-13-29)26-46(38)42(50)43-33-22-21-31-16-7-8-17-32(31)24-33/h1-10,12-19,21-22,24,34,37-38H,11,20,23,25-28H2,(H,43,50)(H,44,47)/t34-,37+,38+/m1/s1. The molecule has 2 fully saturated rings. The summed E-state index contributed by atoms with van der Waals surface area (Å²) in [5.41, 5.74) is 2.97. The molecular weight excluding hydrogens is 656 g/mol. The Hall–Kier alpha value is -6.00. The molecule has 0 aromatic heterocycles. The van der Waals surface area contributed by atoms with Gasteiger partial charge in [0.05, 0.1) is 24.0 Å². The minimum Gasteiger partial charge on any atom is -0.457 e. The van der Waals surface area contributed by atoms with Gasteiger partial charge in [-0.15, -0.1) is 0 Å². The predicted octanol–water partition coefficient (Wildman–Crippen LogP) is 7.02. The Labute approximate surface area is 302 Å². The minimum atomic E-state index is -0.838. The highest BCUT2D eigenvalue weighted by molar-refractivity contribution is 6.04. The lowest BCUT2D eigenvalue weighted by atomic mass is 10.1. The van der Waals surface area contributed by atoms with Crippen molar-refractivity contribution in [2.24, 2.45) is 0 Å². The van der Waals surface area contributed by atoms with E-state index in [1.165, 1.54) is 4.90 Å². The Balaban J connectivity index is 1.06. The molecule has 0 aliphatic carbocycles. The molecule has 2 aliphatic heterocycles. The van der Waals surface area contributed by atoms with E-state index in [1.54, 1.807) is 29.2 Å². The monoisotopic (exact) mass is 696 g/mol. The van der Waals surface area contributed by atoms with Crippen molar-refractivity contribution < 1.29 is 28.7 Å². The van der Waals surface area contributed by atoms with Gasteiger partial charge in [-0.3, -0.25) is 9.59 Å². The molecular formula is C42H40N4O6. The van der Waals surface area contributed by atoms with Crippen LogP contribution in [-0.4, -0.2) is 64.9 Å². The summed E-state index contributed by atoms with van der Waals surface area (Å²) < 4.78 is 11.8. The molecule has 52 heavy (non-hydrogen) atoms. The third-order valence-corrected chi connectivity index (χ3v) is 9.59. The number of carbonyl (C=O) groups excluding carboxylic acids is 4. The third-order valence-electron chi connectivity index (χ3n) is 9.59. The van der Waals surface area contributed by atoms with Crippen LogP contribution in [0.15, 0.2) is 127 Å². The van der Waals surface area contributed by atoms with E-state index in [0.717, 1.165) is 21.9 Å². The van der Waals surface area contributed by atoms with Crippen molar-refractivity contribution in [2.75, 3.05) is 23.7 Å². The summed E-state index contributed by atoms with van der Waals surface area (Å²) in [4.78, 5) is 58.2. The summed E-state index contributed by atoms with van der Waals surface area (Å²) in [5.74, 6) is -1.29. The lowest BCUT2D eigenvalue weighted by Gasteiger charge is -2.31. The van der Waals surface area contributed by atoms with Gasteiger partial charge in [-0.2, -0.15) is 0 Å². The first kappa shape index (κ1) is 34.4. The molecule has 264 valence electrons. The normalized spacial score (nSPS) is 18.3. The number of urea groups is 1. The summed E-state index contributed by atoms with van der Waals surface area (Å²) in [6.45, 7) is 1.01. The quantitative estimate of drug-likeness (QED) is 0.152. The van der Waals surface area contributed by atoms with Crippen LogP contribution in [0.5, 0.6) is 0 Å². The molecule has 2 heterocycles. The minimum absolute atomic E-state index is 0.0925. The zero-order chi connectivity index (χ0) is 35.9. The molecule has 10 heteroatoms. The van der Waals surface area contributed by atoms with Crippen LogP contribution in [0.3, 0.4) is 0 Å². The number of para-hydroxylation sites is 1. The third kappa shape index (κ3) is 7.98. The molecule has 0 spiro atoms. The molecule has 5 aromatic rings. The van der Waals surface area contributed by atoms with Crippen LogP contribution in [-0.2, 0) is 32.3 Å². The van der Waals surface area contributed by atoms with Gasteiger partial charge in [0.15, 0.2) is 0 Å². The first-order valence-corrected chi connectivity index (χ1v) is 17.6. The van der Waals surface area contributed by atoms with Crippen LogP contribution in [0.4, 0.5) is 16.2 Å². The Morgan fingerprint density at radius 1 is 0.673 bits per heavy atom. The van der Waals surface area contributed by atoms with E-state index in [2.05, 4.69) is 10.6 Å². The number of nitrogens with zero attached hydrogens (tertiary/aromatic N) is 2. The highest BCUT2D eigenvalue weighted by Gasteiger charge is 2.45. The van der Waals surface area contributed by atoms with Gasteiger partial charge in [0, 0.05) is 25.2 Å². The summed E-state index contributed by atoms with van der Waals surface area (Å²) >= 11 is 0. The number of fused-ring (bicyclic) bond motifs is 1. The molecule has 3 atom stereocenters. The SMILES string of the molecule is O=C(OCc1ccccc1)c1ccccc1NC(=O)[C@@H]1CCCN1C(=O)[C@@H]1C[C@@H](OCc2ccccc2)CN1C(=O)Nc1ccc2ccccc2c1. The van der Waals surface area contributed by atoms with Gasteiger partial charge in [0.2, 0.25) is 11.8 Å². The summed E-state index contributed by atoms with van der Waals surface area (Å²) in [7, 11) is 0. The largest absolute Gasteiger partial charge is 0.457 e. The van der Waals surface area contributed by atoms with Crippen molar-refractivity contribution >= 4 is 46.0 Å². The Morgan fingerprint density at radius 2 is 1.35 bits per heavy atom. The second-order valence-corrected chi connectivity index (χ2v) is 13.1. The van der Waals surface area contributed by atoms with Gasteiger partial charge >= 0.3 is 12.0 Å². The van der Waals surface area contributed by atoms with Gasteiger partial charge in [0.25, 0.3) is 0 Å². The van der Waals surface area contributed by atoms with E-state index < -0.39 is 30.0 Å². The predicted molar refractivity (Wildman–Crippen MR) is 198 cm³/mol. The molecule has 4 amide bonds. The van der Waals surface area contributed by atoms with Crippen LogP contribution in [0.2, 0.25) is 0 Å². The second kappa shape index (κ2) is 15.9. The number of hydrogen-bond donors (Lipinski definition) is 2. The maximum Gasteiger partial charge on any atom is 0.340 e.